The Morgan fingerprint density at radius 2 is 2.00 bits per heavy atom. The lowest BCUT2D eigenvalue weighted by molar-refractivity contribution is -0.126. The minimum absolute atomic E-state index is 0. The molecule has 1 fully saturated rings. The summed E-state index contributed by atoms with van der Waals surface area (Å²) in [5, 5.41) is 9.62. The third kappa shape index (κ3) is 5.69. The molecule has 0 saturated carbocycles. The van der Waals surface area contributed by atoms with Gasteiger partial charge in [0.15, 0.2) is 0 Å². The molecule has 0 aliphatic carbocycles. The smallest absolute Gasteiger partial charge is 0.253 e. The Balaban J connectivity index is 0.00000280. The molecule has 2 amide bonds. The maximum absolute atomic E-state index is 12.2. The minimum atomic E-state index is -0.500. The molecule has 152 valence electrons. The molecule has 9 nitrogen and oxygen atoms in total. The summed E-state index contributed by atoms with van der Waals surface area (Å²) in [5.74, 6) is 0.253. The summed E-state index contributed by atoms with van der Waals surface area (Å²) < 4.78 is 12.1. The van der Waals surface area contributed by atoms with Crippen LogP contribution in [-0.2, 0) is 20.9 Å². The van der Waals surface area contributed by atoms with Crippen molar-refractivity contribution in [1.29, 1.82) is 0 Å². The monoisotopic (exact) mass is 409 g/mol. The number of ether oxygens (including phenoxy) is 2. The van der Waals surface area contributed by atoms with Crippen LogP contribution in [0.25, 0.3) is 0 Å². The van der Waals surface area contributed by atoms with Crippen LogP contribution in [0.1, 0.15) is 12.8 Å². The second kappa shape index (κ2) is 10.1. The molecule has 1 aromatic carbocycles. The van der Waals surface area contributed by atoms with E-state index >= 15 is 0 Å². The molecular weight excluding hydrogens is 386 g/mol. The van der Waals surface area contributed by atoms with E-state index in [0.717, 1.165) is 6.42 Å². The fraction of sp³-hybridized carbons (Fsp3) is 0.389. The minimum Gasteiger partial charge on any atom is -0.497 e. The van der Waals surface area contributed by atoms with Crippen molar-refractivity contribution in [3.05, 3.63) is 36.7 Å². The zero-order valence-corrected chi connectivity index (χ0v) is 16.3. The number of hydrogen-bond donors (Lipinski definition) is 3. The van der Waals surface area contributed by atoms with Gasteiger partial charge >= 0.3 is 0 Å². The van der Waals surface area contributed by atoms with Gasteiger partial charge in [0.25, 0.3) is 5.91 Å². The van der Waals surface area contributed by atoms with Crippen molar-refractivity contribution in [3.63, 3.8) is 0 Å². The molecule has 3 rings (SSSR count). The molecule has 4 N–H and O–H groups in total. The van der Waals surface area contributed by atoms with Gasteiger partial charge in [-0.15, -0.1) is 12.4 Å². The average molecular weight is 410 g/mol. The van der Waals surface area contributed by atoms with E-state index < -0.39 is 6.10 Å². The maximum Gasteiger partial charge on any atom is 0.253 e. The van der Waals surface area contributed by atoms with Gasteiger partial charge in [0, 0.05) is 18.4 Å². The Bertz CT molecular complexity index is 796. The van der Waals surface area contributed by atoms with E-state index in [1.54, 1.807) is 37.6 Å². The number of nitrogens with zero attached hydrogens (tertiary/aromatic N) is 2. The van der Waals surface area contributed by atoms with Crippen LogP contribution < -0.4 is 21.1 Å². The van der Waals surface area contributed by atoms with Crippen LogP contribution in [0.5, 0.6) is 5.75 Å². The zero-order valence-electron chi connectivity index (χ0n) is 15.5. The third-order valence-electron chi connectivity index (χ3n) is 4.24. The van der Waals surface area contributed by atoms with Crippen LogP contribution in [0.3, 0.4) is 0 Å². The number of carbonyl (C=O) groups is 2. The van der Waals surface area contributed by atoms with Gasteiger partial charge in [-0.25, -0.2) is 0 Å². The Labute approximate surface area is 169 Å². The van der Waals surface area contributed by atoms with Gasteiger partial charge < -0.3 is 25.8 Å². The van der Waals surface area contributed by atoms with Crippen LogP contribution in [0.2, 0.25) is 0 Å². The Hall–Kier alpha value is -2.62. The molecular formula is C18H24ClN5O4. The van der Waals surface area contributed by atoms with Crippen molar-refractivity contribution < 1.29 is 19.1 Å². The molecule has 0 bridgehead atoms. The normalized spacial score (nSPS) is 18.2. The lowest BCUT2D eigenvalue weighted by Crippen LogP contribution is -2.29. The number of amides is 2. The highest BCUT2D eigenvalue weighted by molar-refractivity contribution is 5.94. The van der Waals surface area contributed by atoms with Gasteiger partial charge in [0.2, 0.25) is 5.91 Å². The lowest BCUT2D eigenvalue weighted by Gasteiger charge is -2.11. The van der Waals surface area contributed by atoms with Crippen molar-refractivity contribution in [2.45, 2.75) is 31.6 Å². The van der Waals surface area contributed by atoms with E-state index in [2.05, 4.69) is 15.7 Å². The van der Waals surface area contributed by atoms with Crippen LogP contribution in [0.15, 0.2) is 36.7 Å². The zero-order chi connectivity index (χ0) is 19.2. The first-order valence-corrected chi connectivity index (χ1v) is 8.70. The molecule has 0 spiro atoms. The Morgan fingerprint density at radius 3 is 2.64 bits per heavy atom. The molecule has 1 aromatic heterocycles. The van der Waals surface area contributed by atoms with Crippen LogP contribution in [0.4, 0.5) is 11.4 Å². The summed E-state index contributed by atoms with van der Waals surface area (Å²) in [6, 6.07) is 7.03. The van der Waals surface area contributed by atoms with Gasteiger partial charge in [0.1, 0.15) is 18.4 Å². The lowest BCUT2D eigenvalue weighted by atomic mass is 10.2. The quantitative estimate of drug-likeness (QED) is 0.635. The topological polar surface area (TPSA) is 120 Å². The largest absolute Gasteiger partial charge is 0.497 e. The van der Waals surface area contributed by atoms with E-state index in [4.69, 9.17) is 15.2 Å². The van der Waals surface area contributed by atoms with Crippen LogP contribution >= 0.6 is 12.4 Å². The molecule has 10 heteroatoms. The SMILES string of the molecule is COc1ccc(NC(=O)Cn2cc(NC(=O)[C@@H]3CC[C@H](CN)O3)cn2)cc1.Cl. The standard InChI is InChI=1S/C18H23N5O4.ClH/c1-26-14-4-2-12(3-5-14)21-17(24)11-23-10-13(9-20-23)22-18(25)16-7-6-15(8-19)27-16;/h2-5,9-10,15-16H,6-8,11,19H2,1H3,(H,21,24)(H,22,25);1H/t15-,16+;/m1./s1. The Morgan fingerprint density at radius 1 is 1.25 bits per heavy atom. The van der Waals surface area contributed by atoms with Crippen molar-refractivity contribution in [2.75, 3.05) is 24.3 Å². The predicted octanol–water partition coefficient (Wildman–Crippen LogP) is 1.40. The van der Waals surface area contributed by atoms with E-state index in [1.807, 2.05) is 0 Å². The summed E-state index contributed by atoms with van der Waals surface area (Å²) >= 11 is 0. The molecule has 1 aliphatic rings. The number of nitrogens with one attached hydrogen (secondary N) is 2. The highest BCUT2D eigenvalue weighted by Gasteiger charge is 2.30. The van der Waals surface area contributed by atoms with E-state index in [0.29, 0.717) is 30.1 Å². The first kappa shape index (κ1) is 21.7. The molecule has 1 aliphatic heterocycles. The number of nitrogens with two attached hydrogens (primary N) is 1. The van der Waals surface area contributed by atoms with Gasteiger partial charge in [-0.3, -0.25) is 14.3 Å². The van der Waals surface area contributed by atoms with Crippen molar-refractivity contribution in [1.82, 2.24) is 9.78 Å². The summed E-state index contributed by atoms with van der Waals surface area (Å²) in [6.45, 7) is 0.433. The van der Waals surface area contributed by atoms with E-state index in [-0.39, 0.29) is 36.9 Å². The first-order valence-electron chi connectivity index (χ1n) is 8.70. The Kier molecular flexibility index (Phi) is 7.80. The summed E-state index contributed by atoms with van der Waals surface area (Å²) in [5.41, 5.74) is 6.73. The highest BCUT2D eigenvalue weighted by atomic mass is 35.5. The number of anilines is 2. The molecule has 1 saturated heterocycles. The number of rotatable bonds is 7. The van der Waals surface area contributed by atoms with Crippen molar-refractivity contribution >= 4 is 35.6 Å². The van der Waals surface area contributed by atoms with Crippen molar-refractivity contribution in [2.24, 2.45) is 5.73 Å². The van der Waals surface area contributed by atoms with E-state index in [9.17, 15) is 9.59 Å². The second-order valence-electron chi connectivity index (χ2n) is 6.25. The van der Waals surface area contributed by atoms with Gasteiger partial charge in [-0.1, -0.05) is 0 Å². The number of benzene rings is 1. The molecule has 2 heterocycles. The fourth-order valence-corrected chi connectivity index (χ4v) is 2.83. The second-order valence-corrected chi connectivity index (χ2v) is 6.25. The van der Waals surface area contributed by atoms with Gasteiger partial charge in [0.05, 0.1) is 25.1 Å². The molecule has 0 radical (unpaired) electrons. The third-order valence-corrected chi connectivity index (χ3v) is 4.24. The van der Waals surface area contributed by atoms with Crippen LogP contribution in [0, 0.1) is 0 Å². The molecule has 28 heavy (non-hydrogen) atoms. The summed E-state index contributed by atoms with van der Waals surface area (Å²) in [7, 11) is 1.58. The van der Waals surface area contributed by atoms with Crippen LogP contribution in [-0.4, -0.2) is 47.5 Å². The predicted molar refractivity (Wildman–Crippen MR) is 107 cm³/mol. The average Bonchev–Trinajstić information content (AvgIpc) is 3.31. The number of halogens is 1. The van der Waals surface area contributed by atoms with Gasteiger partial charge in [-0.05, 0) is 37.1 Å². The number of hydrogen-bond acceptors (Lipinski definition) is 6. The highest BCUT2D eigenvalue weighted by Crippen LogP contribution is 2.20. The molecule has 2 atom stereocenters. The van der Waals surface area contributed by atoms with Gasteiger partial charge in [-0.2, -0.15) is 5.10 Å². The number of carbonyl (C=O) groups excluding carboxylic acids is 2. The summed E-state index contributed by atoms with van der Waals surface area (Å²) in [4.78, 5) is 24.3. The molecule has 2 aromatic rings. The fourth-order valence-electron chi connectivity index (χ4n) is 2.83. The molecule has 0 unspecified atom stereocenters. The van der Waals surface area contributed by atoms with Crippen molar-refractivity contribution in [3.8, 4) is 5.75 Å². The first-order chi connectivity index (χ1) is 13.1. The maximum atomic E-state index is 12.2. The summed E-state index contributed by atoms with van der Waals surface area (Å²) in [6.07, 6.45) is 3.95. The number of aromatic nitrogens is 2. The number of methoxy groups -OCH3 is 1. The van der Waals surface area contributed by atoms with E-state index in [1.165, 1.54) is 10.9 Å².